The zero-order valence-corrected chi connectivity index (χ0v) is 19.0. The van der Waals surface area contributed by atoms with Gasteiger partial charge in [0.25, 0.3) is 5.91 Å². The Kier molecular flexibility index (Phi) is 9.03. The van der Waals surface area contributed by atoms with Crippen molar-refractivity contribution in [1.82, 2.24) is 10.2 Å². The molecular weight excluding hydrogens is 395 g/mol. The predicted octanol–water partition coefficient (Wildman–Crippen LogP) is 4.52. The first-order valence-electron chi connectivity index (χ1n) is 10.7. The summed E-state index contributed by atoms with van der Waals surface area (Å²) in [5.74, 6) is 0.408. The summed E-state index contributed by atoms with van der Waals surface area (Å²) >= 11 is 0. The average Bonchev–Trinajstić information content (AvgIpc) is 2.75. The molecule has 0 fully saturated rings. The largest absolute Gasteiger partial charge is 0.484 e. The molecule has 0 aliphatic heterocycles. The highest BCUT2D eigenvalue weighted by molar-refractivity contribution is 5.87. The molecule has 31 heavy (non-hydrogen) atoms. The number of hydrogen-bond donors (Lipinski definition) is 1. The number of nitrogens with zero attached hydrogens (tertiary/aromatic N) is 1. The first-order valence-corrected chi connectivity index (χ1v) is 10.7. The monoisotopic (exact) mass is 428 g/mol. The van der Waals surface area contributed by atoms with Crippen LogP contribution in [0, 0.1) is 11.7 Å². The molecule has 2 aromatic rings. The zero-order chi connectivity index (χ0) is 23.0. The van der Waals surface area contributed by atoms with Crippen LogP contribution in [0.1, 0.15) is 51.7 Å². The number of benzene rings is 2. The SMILES string of the molecule is CC(C)CNC(=O)C(C)N(Cc1ccc(F)cc1)C(=O)COc1ccc(C(C)C)cc1. The molecule has 2 amide bonds. The minimum absolute atomic E-state index is 0.186. The highest BCUT2D eigenvalue weighted by atomic mass is 19.1. The number of rotatable bonds is 10. The maximum atomic E-state index is 13.3. The number of carbonyl (C=O) groups excluding carboxylic acids is 2. The number of hydrogen-bond acceptors (Lipinski definition) is 3. The Bertz CT molecular complexity index is 848. The Balaban J connectivity index is 2.10. The Hall–Kier alpha value is -2.89. The van der Waals surface area contributed by atoms with Gasteiger partial charge in [-0.3, -0.25) is 9.59 Å². The average molecular weight is 429 g/mol. The molecule has 1 unspecified atom stereocenters. The van der Waals surface area contributed by atoms with E-state index in [4.69, 9.17) is 4.74 Å². The topological polar surface area (TPSA) is 58.6 Å². The molecule has 2 aromatic carbocycles. The van der Waals surface area contributed by atoms with Crippen LogP contribution >= 0.6 is 0 Å². The van der Waals surface area contributed by atoms with Crippen LogP contribution in [0.4, 0.5) is 4.39 Å². The van der Waals surface area contributed by atoms with Gasteiger partial charge >= 0.3 is 0 Å². The van der Waals surface area contributed by atoms with Crippen LogP contribution in [0.25, 0.3) is 0 Å². The minimum atomic E-state index is -0.691. The van der Waals surface area contributed by atoms with Crippen LogP contribution in [0.3, 0.4) is 0 Å². The van der Waals surface area contributed by atoms with Gasteiger partial charge in [-0.2, -0.15) is 0 Å². The molecule has 0 radical (unpaired) electrons. The van der Waals surface area contributed by atoms with Crippen molar-refractivity contribution in [3.63, 3.8) is 0 Å². The van der Waals surface area contributed by atoms with Crippen molar-refractivity contribution in [2.24, 2.45) is 5.92 Å². The van der Waals surface area contributed by atoms with Crippen molar-refractivity contribution in [3.8, 4) is 5.75 Å². The van der Waals surface area contributed by atoms with Crippen molar-refractivity contribution < 1.29 is 18.7 Å². The van der Waals surface area contributed by atoms with Crippen LogP contribution in [-0.4, -0.2) is 35.9 Å². The summed E-state index contributed by atoms with van der Waals surface area (Å²) in [5, 5.41) is 2.87. The Morgan fingerprint density at radius 3 is 2.13 bits per heavy atom. The molecule has 6 heteroatoms. The lowest BCUT2D eigenvalue weighted by atomic mass is 10.0. The third-order valence-electron chi connectivity index (χ3n) is 5.03. The molecule has 2 rings (SSSR count). The number of carbonyl (C=O) groups is 2. The fourth-order valence-electron chi connectivity index (χ4n) is 3.00. The fraction of sp³-hybridized carbons (Fsp3) is 0.440. The maximum Gasteiger partial charge on any atom is 0.261 e. The Labute approximate surface area is 184 Å². The van der Waals surface area contributed by atoms with Gasteiger partial charge in [0.1, 0.15) is 17.6 Å². The third kappa shape index (κ3) is 7.70. The molecule has 0 aliphatic carbocycles. The van der Waals surface area contributed by atoms with E-state index in [1.54, 1.807) is 19.1 Å². The second-order valence-electron chi connectivity index (χ2n) is 8.48. The van der Waals surface area contributed by atoms with Gasteiger partial charge in [0, 0.05) is 13.1 Å². The zero-order valence-electron chi connectivity index (χ0n) is 19.0. The van der Waals surface area contributed by atoms with Gasteiger partial charge in [0.15, 0.2) is 6.61 Å². The van der Waals surface area contributed by atoms with Crippen LogP contribution in [-0.2, 0) is 16.1 Å². The first kappa shape index (κ1) is 24.4. The number of ether oxygens (including phenoxy) is 1. The minimum Gasteiger partial charge on any atom is -0.484 e. The smallest absolute Gasteiger partial charge is 0.261 e. The highest BCUT2D eigenvalue weighted by Crippen LogP contribution is 2.19. The fourth-order valence-corrected chi connectivity index (χ4v) is 3.00. The van der Waals surface area contributed by atoms with Gasteiger partial charge in [0.2, 0.25) is 5.91 Å². The van der Waals surface area contributed by atoms with E-state index in [0.717, 1.165) is 5.56 Å². The van der Waals surface area contributed by atoms with Crippen LogP contribution < -0.4 is 10.1 Å². The lowest BCUT2D eigenvalue weighted by Crippen LogP contribution is -2.49. The Morgan fingerprint density at radius 1 is 0.968 bits per heavy atom. The summed E-state index contributed by atoms with van der Waals surface area (Å²) in [6, 6.07) is 12.8. The van der Waals surface area contributed by atoms with Crippen molar-refractivity contribution in [2.45, 2.75) is 53.1 Å². The molecule has 0 bridgehead atoms. The lowest BCUT2D eigenvalue weighted by molar-refractivity contribution is -0.142. The van der Waals surface area contributed by atoms with E-state index in [1.807, 2.05) is 38.1 Å². The van der Waals surface area contributed by atoms with Gasteiger partial charge in [0.05, 0.1) is 0 Å². The van der Waals surface area contributed by atoms with Crippen molar-refractivity contribution in [2.75, 3.05) is 13.2 Å². The lowest BCUT2D eigenvalue weighted by Gasteiger charge is -2.29. The second kappa shape index (κ2) is 11.5. The van der Waals surface area contributed by atoms with E-state index in [2.05, 4.69) is 19.2 Å². The number of halogens is 1. The van der Waals surface area contributed by atoms with E-state index in [9.17, 15) is 14.0 Å². The van der Waals surface area contributed by atoms with Gasteiger partial charge in [-0.15, -0.1) is 0 Å². The summed E-state index contributed by atoms with van der Waals surface area (Å²) in [4.78, 5) is 27.1. The van der Waals surface area contributed by atoms with Gasteiger partial charge in [-0.1, -0.05) is 52.0 Å². The molecule has 1 atom stereocenters. The Morgan fingerprint density at radius 2 is 1.58 bits per heavy atom. The quantitative estimate of drug-likeness (QED) is 0.605. The highest BCUT2D eigenvalue weighted by Gasteiger charge is 2.26. The molecule has 0 saturated heterocycles. The van der Waals surface area contributed by atoms with Gasteiger partial charge in [-0.05, 0) is 54.2 Å². The van der Waals surface area contributed by atoms with Gasteiger partial charge < -0.3 is 15.0 Å². The number of amides is 2. The molecule has 0 aromatic heterocycles. The molecule has 5 nitrogen and oxygen atoms in total. The molecule has 1 N–H and O–H groups in total. The predicted molar refractivity (Wildman–Crippen MR) is 120 cm³/mol. The van der Waals surface area contributed by atoms with Crippen LogP contribution in [0.5, 0.6) is 5.75 Å². The summed E-state index contributed by atoms with van der Waals surface area (Å²) in [5.41, 5.74) is 1.92. The van der Waals surface area contributed by atoms with E-state index in [0.29, 0.717) is 24.1 Å². The molecule has 0 spiro atoms. The molecular formula is C25H33FN2O3. The normalized spacial score (nSPS) is 12.0. The first-order chi connectivity index (χ1) is 14.7. The summed E-state index contributed by atoms with van der Waals surface area (Å²) in [6.45, 7) is 10.4. The van der Waals surface area contributed by atoms with Gasteiger partial charge in [-0.25, -0.2) is 4.39 Å². The molecule has 0 aliphatic rings. The summed E-state index contributed by atoms with van der Waals surface area (Å²) in [6.07, 6.45) is 0. The van der Waals surface area contributed by atoms with E-state index in [-0.39, 0.29) is 30.8 Å². The third-order valence-corrected chi connectivity index (χ3v) is 5.03. The molecule has 168 valence electrons. The van der Waals surface area contributed by atoms with E-state index < -0.39 is 6.04 Å². The van der Waals surface area contributed by atoms with Crippen molar-refractivity contribution >= 4 is 11.8 Å². The standard InChI is InChI=1S/C25H33FN2O3/c1-17(2)14-27-25(30)19(5)28(15-20-6-10-22(26)11-7-20)24(29)16-31-23-12-8-21(9-13-23)18(3)4/h6-13,17-19H,14-16H2,1-5H3,(H,27,30). The van der Waals surface area contributed by atoms with E-state index >= 15 is 0 Å². The van der Waals surface area contributed by atoms with Crippen molar-refractivity contribution in [1.29, 1.82) is 0 Å². The van der Waals surface area contributed by atoms with Crippen LogP contribution in [0.2, 0.25) is 0 Å². The van der Waals surface area contributed by atoms with E-state index in [1.165, 1.54) is 22.6 Å². The summed E-state index contributed by atoms with van der Waals surface area (Å²) in [7, 11) is 0. The van der Waals surface area contributed by atoms with Crippen molar-refractivity contribution in [3.05, 3.63) is 65.5 Å². The molecule has 0 heterocycles. The number of nitrogens with one attached hydrogen (secondary N) is 1. The summed E-state index contributed by atoms with van der Waals surface area (Å²) < 4.78 is 19.0. The maximum absolute atomic E-state index is 13.3. The second-order valence-corrected chi connectivity index (χ2v) is 8.48. The molecule has 0 saturated carbocycles. The van der Waals surface area contributed by atoms with Crippen LogP contribution in [0.15, 0.2) is 48.5 Å².